The monoisotopic (exact) mass is 494 g/mol. The van der Waals surface area contributed by atoms with Crippen LogP contribution in [0.25, 0.3) is 17.0 Å². The minimum Gasteiger partial charge on any atom is -0.467 e. The lowest BCUT2D eigenvalue weighted by Gasteiger charge is -2.35. The summed E-state index contributed by atoms with van der Waals surface area (Å²) in [6, 6.07) is 11.6. The Hall–Kier alpha value is -2.88. The van der Waals surface area contributed by atoms with Crippen LogP contribution >= 0.6 is 24.0 Å². The van der Waals surface area contributed by atoms with E-state index in [-0.39, 0.29) is 18.0 Å². The number of rotatable bonds is 5. The van der Waals surface area contributed by atoms with Crippen LogP contribution in [0, 0.1) is 0 Å². The maximum absolute atomic E-state index is 13.8. The van der Waals surface area contributed by atoms with Gasteiger partial charge in [0.2, 0.25) is 0 Å². The third-order valence-electron chi connectivity index (χ3n) is 6.36. The van der Waals surface area contributed by atoms with Crippen LogP contribution < -0.4 is 10.5 Å². The van der Waals surface area contributed by atoms with Gasteiger partial charge in [-0.3, -0.25) is 14.5 Å². The molecule has 34 heavy (non-hydrogen) atoms. The van der Waals surface area contributed by atoms with Crippen molar-refractivity contribution in [1.29, 1.82) is 0 Å². The normalized spacial score (nSPS) is 18.6. The first-order chi connectivity index (χ1) is 16.5. The zero-order valence-corrected chi connectivity index (χ0v) is 20.8. The number of aromatic nitrogens is 1. The number of furan rings is 1. The Morgan fingerprint density at radius 3 is 2.56 bits per heavy atom. The Morgan fingerprint density at radius 2 is 1.85 bits per heavy atom. The number of fused-ring (bicyclic) bond motifs is 1. The summed E-state index contributed by atoms with van der Waals surface area (Å²) >= 11 is 6.73. The lowest BCUT2D eigenvalue weighted by molar-refractivity contribution is -0.122. The van der Waals surface area contributed by atoms with Crippen molar-refractivity contribution in [3.63, 3.8) is 0 Å². The summed E-state index contributed by atoms with van der Waals surface area (Å²) in [6.07, 6.45) is 3.32. The van der Waals surface area contributed by atoms with Gasteiger partial charge in [-0.1, -0.05) is 42.2 Å². The number of nitrogens with zero attached hydrogens (tertiary/aromatic N) is 4. The number of likely N-dealkylation sites (N-methyl/N-ethyl adjacent to an activating group) is 1. The number of pyridine rings is 1. The number of para-hydroxylation sites is 1. The molecule has 2 saturated heterocycles. The van der Waals surface area contributed by atoms with Gasteiger partial charge in [0.1, 0.15) is 10.1 Å². The van der Waals surface area contributed by atoms with Gasteiger partial charge < -0.3 is 18.8 Å². The molecule has 1 aromatic carbocycles. The largest absolute Gasteiger partial charge is 0.467 e. The van der Waals surface area contributed by atoms with Crippen LogP contribution in [0.5, 0.6) is 0 Å². The number of carbonyl (C=O) groups excluding carboxylic acids is 1. The molecule has 3 aromatic rings. The first-order valence-corrected chi connectivity index (χ1v) is 12.6. The van der Waals surface area contributed by atoms with Crippen molar-refractivity contribution < 1.29 is 9.21 Å². The third kappa shape index (κ3) is 4.08. The molecule has 0 unspecified atom stereocenters. The number of hydrogen-bond donors (Lipinski definition) is 0. The molecule has 7 nitrogen and oxygen atoms in total. The maximum Gasteiger partial charge on any atom is 0.266 e. The lowest BCUT2D eigenvalue weighted by atomic mass is 10.1. The Morgan fingerprint density at radius 1 is 1.09 bits per heavy atom. The molecule has 0 aliphatic carbocycles. The van der Waals surface area contributed by atoms with Gasteiger partial charge in [-0.25, -0.2) is 0 Å². The molecule has 1 amide bonds. The summed E-state index contributed by atoms with van der Waals surface area (Å²) in [7, 11) is 2.11. The van der Waals surface area contributed by atoms with E-state index in [2.05, 4.69) is 22.9 Å². The maximum atomic E-state index is 13.8. The fraction of sp³-hybridized carbons (Fsp3) is 0.320. The second-order valence-electron chi connectivity index (χ2n) is 8.47. The van der Waals surface area contributed by atoms with Crippen LogP contribution in [-0.4, -0.2) is 57.8 Å². The average molecular weight is 495 g/mol. The van der Waals surface area contributed by atoms with Crippen molar-refractivity contribution in [2.45, 2.75) is 20.0 Å². The molecular weight excluding hydrogens is 468 g/mol. The highest BCUT2D eigenvalue weighted by Gasteiger charge is 2.34. The predicted octanol–water partition coefficient (Wildman–Crippen LogP) is 3.77. The molecule has 2 fully saturated rings. The van der Waals surface area contributed by atoms with Crippen molar-refractivity contribution in [3.05, 3.63) is 69.2 Å². The molecule has 0 spiro atoms. The number of amides is 1. The van der Waals surface area contributed by atoms with E-state index in [1.54, 1.807) is 23.0 Å². The Kier molecular flexibility index (Phi) is 6.33. The molecule has 2 aliphatic heterocycles. The highest BCUT2D eigenvalue weighted by atomic mass is 32.2. The molecule has 0 atom stereocenters. The molecular formula is C25H26N4O3S2. The van der Waals surface area contributed by atoms with E-state index < -0.39 is 0 Å². The number of carbonyl (C=O) groups is 1. The van der Waals surface area contributed by atoms with Gasteiger partial charge in [0, 0.05) is 38.1 Å². The number of thiocarbonyl (C=S) groups is 1. The molecule has 0 saturated carbocycles. The lowest BCUT2D eigenvalue weighted by Crippen LogP contribution is -2.45. The van der Waals surface area contributed by atoms with Crippen molar-refractivity contribution in [3.8, 4) is 0 Å². The minimum absolute atomic E-state index is 0.0913. The van der Waals surface area contributed by atoms with Crippen molar-refractivity contribution in [2.75, 3.05) is 38.1 Å². The molecule has 0 radical (unpaired) electrons. The highest BCUT2D eigenvalue weighted by Crippen LogP contribution is 2.37. The highest BCUT2D eigenvalue weighted by molar-refractivity contribution is 8.26. The molecule has 4 heterocycles. The van der Waals surface area contributed by atoms with Crippen molar-refractivity contribution in [2.24, 2.45) is 0 Å². The summed E-state index contributed by atoms with van der Waals surface area (Å²) in [6.45, 7) is 6.24. The van der Waals surface area contributed by atoms with Gasteiger partial charge in [0.05, 0.1) is 34.5 Å². The number of aryl methyl sites for hydroxylation is 1. The SMILES string of the molecule is CCn1c(=O)c(C=C2SC(=S)N(Cc3ccco3)C2=O)c(N2CCN(C)CC2)c2ccccc21. The molecule has 2 aliphatic rings. The first-order valence-electron chi connectivity index (χ1n) is 11.3. The van der Waals surface area contributed by atoms with Gasteiger partial charge in [-0.05, 0) is 38.2 Å². The Bertz CT molecular complexity index is 1340. The summed E-state index contributed by atoms with van der Waals surface area (Å²) in [5.74, 6) is 0.459. The summed E-state index contributed by atoms with van der Waals surface area (Å²) in [4.78, 5) is 33.6. The van der Waals surface area contributed by atoms with Crippen LogP contribution in [-0.2, 0) is 17.9 Å². The Balaban J connectivity index is 1.64. The van der Waals surface area contributed by atoms with Gasteiger partial charge in [0.25, 0.3) is 11.5 Å². The predicted molar refractivity (Wildman–Crippen MR) is 141 cm³/mol. The van der Waals surface area contributed by atoms with Crippen molar-refractivity contribution in [1.82, 2.24) is 14.4 Å². The second-order valence-corrected chi connectivity index (χ2v) is 10.1. The number of thioether (sulfide) groups is 1. The molecule has 5 rings (SSSR count). The number of anilines is 1. The van der Waals surface area contributed by atoms with Crippen LogP contribution in [0.4, 0.5) is 5.69 Å². The van der Waals surface area contributed by atoms with Gasteiger partial charge in [0.15, 0.2) is 0 Å². The Labute approximate surface area is 207 Å². The average Bonchev–Trinajstić information content (AvgIpc) is 3.44. The molecule has 2 aromatic heterocycles. The van der Waals surface area contributed by atoms with Crippen LogP contribution in [0.15, 0.2) is 56.8 Å². The van der Waals surface area contributed by atoms with Crippen LogP contribution in [0.2, 0.25) is 0 Å². The fourth-order valence-corrected chi connectivity index (χ4v) is 5.79. The smallest absolute Gasteiger partial charge is 0.266 e. The topological polar surface area (TPSA) is 61.9 Å². The van der Waals surface area contributed by atoms with E-state index in [4.69, 9.17) is 16.6 Å². The van der Waals surface area contributed by atoms with Crippen LogP contribution in [0.1, 0.15) is 18.2 Å². The van der Waals surface area contributed by atoms with E-state index in [0.717, 1.165) is 42.8 Å². The number of hydrogen-bond acceptors (Lipinski definition) is 7. The van der Waals surface area contributed by atoms with E-state index >= 15 is 0 Å². The fourth-order valence-electron chi connectivity index (χ4n) is 4.55. The van der Waals surface area contributed by atoms with Gasteiger partial charge in [-0.15, -0.1) is 0 Å². The van der Waals surface area contributed by atoms with Crippen LogP contribution in [0.3, 0.4) is 0 Å². The molecule has 9 heteroatoms. The quantitative estimate of drug-likeness (QED) is 0.395. The van der Waals surface area contributed by atoms with E-state index in [0.29, 0.717) is 27.1 Å². The summed E-state index contributed by atoms with van der Waals surface area (Å²) in [5.41, 5.74) is 2.26. The van der Waals surface area contributed by atoms with E-state index in [9.17, 15) is 9.59 Å². The zero-order chi connectivity index (χ0) is 23.8. The van der Waals surface area contributed by atoms with E-state index in [1.807, 2.05) is 31.2 Å². The molecule has 176 valence electrons. The standard InChI is InChI=1S/C25H26N4O3S2/c1-3-28-20-9-5-4-8-18(20)22(27-12-10-26(2)11-13-27)19(23(28)30)15-21-24(31)29(25(33)34-21)16-17-7-6-14-32-17/h4-9,14-15H,3,10-13,16H2,1-2H3. The van der Waals surface area contributed by atoms with Gasteiger partial charge in [-0.2, -0.15) is 0 Å². The zero-order valence-electron chi connectivity index (χ0n) is 19.2. The summed E-state index contributed by atoms with van der Waals surface area (Å²) in [5, 5.41) is 1.02. The van der Waals surface area contributed by atoms with Gasteiger partial charge >= 0.3 is 0 Å². The number of piperazine rings is 1. The third-order valence-corrected chi connectivity index (χ3v) is 7.74. The second kappa shape index (κ2) is 9.40. The minimum atomic E-state index is -0.202. The van der Waals surface area contributed by atoms with Crippen molar-refractivity contribution >= 4 is 56.9 Å². The number of benzene rings is 1. The first kappa shape index (κ1) is 22.9. The summed E-state index contributed by atoms with van der Waals surface area (Å²) < 4.78 is 7.65. The van der Waals surface area contributed by atoms with E-state index in [1.165, 1.54) is 16.7 Å². The molecule has 0 bridgehead atoms. The molecule has 0 N–H and O–H groups in total.